The zero-order valence-corrected chi connectivity index (χ0v) is 16.2. The van der Waals surface area contributed by atoms with Crippen LogP contribution in [0.25, 0.3) is 0 Å². The first-order chi connectivity index (χ1) is 13.1. The number of nitrogens with zero attached hydrogens (tertiary/aromatic N) is 1. The number of aryl methyl sites for hydroxylation is 1. The van der Waals surface area contributed by atoms with E-state index in [2.05, 4.69) is 5.32 Å². The Labute approximate surface area is 165 Å². The van der Waals surface area contributed by atoms with E-state index in [1.165, 1.54) is 12.8 Å². The highest BCUT2D eigenvalue weighted by atomic mass is 35.5. The van der Waals surface area contributed by atoms with Crippen molar-refractivity contribution in [2.45, 2.75) is 38.5 Å². The van der Waals surface area contributed by atoms with Crippen LogP contribution in [-0.2, 0) is 11.2 Å². The Bertz CT molecular complexity index is 798. The number of carbonyl (C=O) groups is 2. The van der Waals surface area contributed by atoms with Crippen LogP contribution < -0.4 is 5.32 Å². The van der Waals surface area contributed by atoms with Crippen molar-refractivity contribution in [3.8, 4) is 0 Å². The molecule has 2 amide bonds. The molecule has 0 aliphatic carbocycles. The maximum Gasteiger partial charge on any atom is 0.255 e. The van der Waals surface area contributed by atoms with Gasteiger partial charge in [-0.1, -0.05) is 54.8 Å². The molecule has 3 rings (SSSR count). The predicted molar refractivity (Wildman–Crippen MR) is 109 cm³/mol. The molecule has 2 aromatic rings. The summed E-state index contributed by atoms with van der Waals surface area (Å²) in [5.41, 5.74) is 2.09. The summed E-state index contributed by atoms with van der Waals surface area (Å²) in [6.45, 7) is 1.57. The van der Waals surface area contributed by atoms with Gasteiger partial charge >= 0.3 is 0 Å². The second kappa shape index (κ2) is 9.56. The second-order valence-corrected chi connectivity index (χ2v) is 7.30. The molecule has 1 aliphatic heterocycles. The quantitative estimate of drug-likeness (QED) is 0.794. The molecular weight excluding hydrogens is 360 g/mol. The number of rotatable bonds is 5. The van der Waals surface area contributed by atoms with E-state index in [9.17, 15) is 9.59 Å². The molecule has 1 heterocycles. The Hall–Kier alpha value is -2.33. The molecule has 1 saturated heterocycles. The van der Waals surface area contributed by atoms with Gasteiger partial charge in [0.1, 0.15) is 0 Å². The minimum atomic E-state index is -0.119. The minimum Gasteiger partial charge on any atom is -0.339 e. The van der Waals surface area contributed by atoms with Gasteiger partial charge in [-0.25, -0.2) is 0 Å². The van der Waals surface area contributed by atoms with Crippen LogP contribution >= 0.6 is 11.6 Å². The SMILES string of the molecule is O=C(CCc1ccccc1Cl)Nc1ccccc1C(=O)N1CCCCCC1. The molecule has 5 heteroatoms. The molecule has 0 spiro atoms. The molecule has 0 unspecified atom stereocenters. The fourth-order valence-corrected chi connectivity index (χ4v) is 3.62. The van der Waals surface area contributed by atoms with Crippen LogP contribution in [0.1, 0.15) is 48.0 Å². The van der Waals surface area contributed by atoms with E-state index in [0.717, 1.165) is 31.5 Å². The lowest BCUT2D eigenvalue weighted by Gasteiger charge is -2.22. The normalized spacial score (nSPS) is 14.5. The first-order valence-corrected chi connectivity index (χ1v) is 9.94. The highest BCUT2D eigenvalue weighted by molar-refractivity contribution is 6.31. The number of hydrogen-bond acceptors (Lipinski definition) is 2. The third-order valence-electron chi connectivity index (χ3n) is 4.90. The number of anilines is 1. The zero-order valence-electron chi connectivity index (χ0n) is 15.4. The standard InChI is InChI=1S/C22H25ClN2O2/c23-19-11-5-3-9-17(19)13-14-21(26)24-20-12-6-4-10-18(20)22(27)25-15-7-1-2-8-16-25/h3-6,9-12H,1-2,7-8,13-16H2,(H,24,26). The first-order valence-electron chi connectivity index (χ1n) is 9.57. The van der Waals surface area contributed by atoms with E-state index in [0.29, 0.717) is 29.1 Å². The summed E-state index contributed by atoms with van der Waals surface area (Å²) in [5.74, 6) is -0.120. The molecule has 0 aromatic heterocycles. The third kappa shape index (κ3) is 5.33. The number of amides is 2. The molecule has 0 saturated carbocycles. The van der Waals surface area contributed by atoms with Crippen molar-refractivity contribution in [2.75, 3.05) is 18.4 Å². The Morgan fingerprint density at radius 2 is 1.59 bits per heavy atom. The van der Waals surface area contributed by atoms with Gasteiger partial charge in [0.05, 0.1) is 11.3 Å². The Morgan fingerprint density at radius 3 is 2.33 bits per heavy atom. The summed E-state index contributed by atoms with van der Waals surface area (Å²) in [5, 5.41) is 3.57. The van der Waals surface area contributed by atoms with Gasteiger partial charge in [-0.3, -0.25) is 9.59 Å². The minimum absolute atomic E-state index is 0.00101. The van der Waals surface area contributed by atoms with Crippen LogP contribution in [0.4, 0.5) is 5.69 Å². The lowest BCUT2D eigenvalue weighted by Crippen LogP contribution is -2.32. The molecule has 4 nitrogen and oxygen atoms in total. The maximum atomic E-state index is 12.9. The van der Waals surface area contributed by atoms with Crippen molar-refractivity contribution in [3.63, 3.8) is 0 Å². The van der Waals surface area contributed by atoms with E-state index in [-0.39, 0.29) is 11.8 Å². The molecule has 1 N–H and O–H groups in total. The summed E-state index contributed by atoms with van der Waals surface area (Å²) in [4.78, 5) is 27.3. The van der Waals surface area contributed by atoms with Crippen molar-refractivity contribution in [1.82, 2.24) is 4.90 Å². The van der Waals surface area contributed by atoms with Gasteiger partial charge in [0.25, 0.3) is 5.91 Å². The van der Waals surface area contributed by atoms with Gasteiger partial charge in [-0.05, 0) is 43.0 Å². The Kier molecular flexibility index (Phi) is 6.88. The van der Waals surface area contributed by atoms with E-state index in [4.69, 9.17) is 11.6 Å². The van der Waals surface area contributed by atoms with Gasteiger partial charge in [0.2, 0.25) is 5.91 Å². The van der Waals surface area contributed by atoms with E-state index < -0.39 is 0 Å². The fraction of sp³-hybridized carbons (Fsp3) is 0.364. The molecule has 142 valence electrons. The van der Waals surface area contributed by atoms with Crippen molar-refractivity contribution in [3.05, 3.63) is 64.7 Å². The van der Waals surface area contributed by atoms with Crippen molar-refractivity contribution >= 4 is 29.1 Å². The van der Waals surface area contributed by atoms with Gasteiger partial charge in [-0.15, -0.1) is 0 Å². The Morgan fingerprint density at radius 1 is 0.926 bits per heavy atom. The van der Waals surface area contributed by atoms with Crippen LogP contribution in [0.3, 0.4) is 0 Å². The molecular formula is C22H25ClN2O2. The topological polar surface area (TPSA) is 49.4 Å². The molecule has 0 radical (unpaired) electrons. The van der Waals surface area contributed by atoms with E-state index in [1.807, 2.05) is 41.3 Å². The fourth-order valence-electron chi connectivity index (χ4n) is 3.38. The number of hydrogen-bond donors (Lipinski definition) is 1. The summed E-state index contributed by atoms with van der Waals surface area (Å²) in [6.07, 6.45) is 5.30. The molecule has 0 atom stereocenters. The predicted octanol–water partition coefficient (Wildman–Crippen LogP) is 4.93. The summed E-state index contributed by atoms with van der Waals surface area (Å²) in [6, 6.07) is 14.8. The smallest absolute Gasteiger partial charge is 0.255 e. The number of carbonyl (C=O) groups excluding carboxylic acids is 2. The molecule has 27 heavy (non-hydrogen) atoms. The summed E-state index contributed by atoms with van der Waals surface area (Å²) < 4.78 is 0. The van der Waals surface area contributed by atoms with Crippen LogP contribution in [-0.4, -0.2) is 29.8 Å². The van der Waals surface area contributed by atoms with Crippen molar-refractivity contribution < 1.29 is 9.59 Å². The Balaban J connectivity index is 1.65. The van der Waals surface area contributed by atoms with Crippen molar-refractivity contribution in [1.29, 1.82) is 0 Å². The summed E-state index contributed by atoms with van der Waals surface area (Å²) in [7, 11) is 0. The average molecular weight is 385 g/mol. The summed E-state index contributed by atoms with van der Waals surface area (Å²) >= 11 is 6.15. The van der Waals surface area contributed by atoms with Crippen LogP contribution in [0.5, 0.6) is 0 Å². The molecule has 1 fully saturated rings. The van der Waals surface area contributed by atoms with Gasteiger partial charge < -0.3 is 10.2 Å². The lowest BCUT2D eigenvalue weighted by atomic mass is 10.1. The lowest BCUT2D eigenvalue weighted by molar-refractivity contribution is -0.116. The third-order valence-corrected chi connectivity index (χ3v) is 5.27. The van der Waals surface area contributed by atoms with E-state index in [1.54, 1.807) is 12.1 Å². The molecule has 1 aliphatic rings. The number of halogens is 1. The number of benzene rings is 2. The van der Waals surface area contributed by atoms with Gasteiger partial charge in [0.15, 0.2) is 0 Å². The molecule has 2 aromatic carbocycles. The van der Waals surface area contributed by atoms with Gasteiger partial charge in [0, 0.05) is 24.5 Å². The monoisotopic (exact) mass is 384 g/mol. The highest BCUT2D eigenvalue weighted by Gasteiger charge is 2.20. The maximum absolute atomic E-state index is 12.9. The second-order valence-electron chi connectivity index (χ2n) is 6.89. The number of nitrogens with one attached hydrogen (secondary N) is 1. The highest BCUT2D eigenvalue weighted by Crippen LogP contribution is 2.21. The number of para-hydroxylation sites is 1. The van der Waals surface area contributed by atoms with Gasteiger partial charge in [-0.2, -0.15) is 0 Å². The first kappa shape index (κ1) is 19.4. The zero-order chi connectivity index (χ0) is 19.1. The van der Waals surface area contributed by atoms with Crippen LogP contribution in [0.2, 0.25) is 5.02 Å². The number of likely N-dealkylation sites (tertiary alicyclic amines) is 1. The van der Waals surface area contributed by atoms with Crippen LogP contribution in [0.15, 0.2) is 48.5 Å². The largest absolute Gasteiger partial charge is 0.339 e. The van der Waals surface area contributed by atoms with Crippen LogP contribution in [0, 0.1) is 0 Å². The van der Waals surface area contributed by atoms with Crippen molar-refractivity contribution in [2.24, 2.45) is 0 Å². The van der Waals surface area contributed by atoms with E-state index >= 15 is 0 Å². The average Bonchev–Trinajstić information content (AvgIpc) is 2.97. The molecule has 0 bridgehead atoms.